The number of benzene rings is 3. The van der Waals surface area contributed by atoms with Crippen LogP contribution >= 0.6 is 0 Å². The molecule has 0 unspecified atom stereocenters. The van der Waals surface area contributed by atoms with Gasteiger partial charge in [-0.05, 0) is 12.1 Å². The van der Waals surface area contributed by atoms with E-state index in [9.17, 15) is 5.11 Å². The molecule has 177 valence electrons. The van der Waals surface area contributed by atoms with Gasteiger partial charge in [0.1, 0.15) is 11.3 Å². The number of phenols is 1. The molecule has 0 spiro atoms. The Labute approximate surface area is 218 Å². The first kappa shape index (κ1) is 23.6. The molecule has 0 aliphatic rings. The summed E-state index contributed by atoms with van der Waals surface area (Å²) in [4.78, 5) is 13.3. The monoisotopic (exact) mass is 646 g/mol. The minimum absolute atomic E-state index is 0.239. The van der Waals surface area contributed by atoms with E-state index in [0.29, 0.717) is 5.52 Å². The zero-order chi connectivity index (χ0) is 24.6. The predicted octanol–water partition coefficient (Wildman–Crippen LogP) is 5.78. The van der Waals surface area contributed by atoms with Crippen LogP contribution in [0.15, 0.2) is 134 Å². The van der Waals surface area contributed by atoms with Gasteiger partial charge in [0.2, 0.25) is 0 Å². The summed E-state index contributed by atoms with van der Waals surface area (Å²) in [7, 11) is 0. The quantitative estimate of drug-likeness (QED) is 0.264. The fraction of sp³-hybridized carbons (Fsp3) is 0. The zero-order valence-electron chi connectivity index (χ0n) is 19.3. The van der Waals surface area contributed by atoms with Crippen LogP contribution in [-0.4, -0.2) is 20.1 Å². The molecule has 1 N–H and O–H groups in total. The van der Waals surface area contributed by atoms with E-state index in [2.05, 4.69) is 75.6 Å². The van der Waals surface area contributed by atoms with E-state index in [1.54, 1.807) is 18.3 Å². The third kappa shape index (κ3) is 5.55. The fourth-order valence-corrected chi connectivity index (χ4v) is 6.80. The molecule has 0 saturated heterocycles. The van der Waals surface area contributed by atoms with Crippen LogP contribution in [0.2, 0.25) is 0 Å². The molecule has 5 heteroatoms. The van der Waals surface area contributed by atoms with Gasteiger partial charge in [-0.15, -0.1) is 0 Å². The summed E-state index contributed by atoms with van der Waals surface area (Å²) in [6, 6.07) is 38.4. The molecule has 0 aliphatic carbocycles. The van der Waals surface area contributed by atoms with Crippen molar-refractivity contribution in [1.82, 2.24) is 15.0 Å². The van der Waals surface area contributed by atoms with Crippen molar-refractivity contribution in [2.24, 2.45) is 0 Å². The van der Waals surface area contributed by atoms with Crippen LogP contribution in [-0.2, 0) is 17.7 Å². The van der Waals surface area contributed by atoms with Crippen LogP contribution in [0.4, 0.5) is 0 Å². The third-order valence-corrected chi connectivity index (χ3v) is 8.59. The van der Waals surface area contributed by atoms with Crippen molar-refractivity contribution in [1.29, 1.82) is 0 Å². The standard InChI is InChI=1S/2C11H8N.C9H7NO.Ir/c2*1-2-6-10(7-3-1)11-8-4-5-9-12-11;11-8-5-1-3-7-4-2-6-10-9(7)8;/h2*1-7,9H;1-6,11H;. The number of hydrogen-bond donors (Lipinski definition) is 1. The molecule has 0 amide bonds. The van der Waals surface area contributed by atoms with Crippen molar-refractivity contribution in [2.45, 2.75) is 0 Å². The van der Waals surface area contributed by atoms with Gasteiger partial charge in [-0.1, -0.05) is 18.2 Å². The Kier molecular flexibility index (Phi) is 7.52. The number of para-hydroxylation sites is 1. The summed E-state index contributed by atoms with van der Waals surface area (Å²) in [5, 5.41) is 10.3. The Bertz CT molecular complexity index is 1490. The summed E-state index contributed by atoms with van der Waals surface area (Å²) in [6.07, 6.45) is 5.42. The van der Waals surface area contributed by atoms with Crippen molar-refractivity contribution >= 4 is 19.1 Å². The van der Waals surface area contributed by atoms with Gasteiger partial charge in [-0.25, -0.2) is 0 Å². The Morgan fingerprint density at radius 3 is 1.53 bits per heavy atom. The molecule has 4 nitrogen and oxygen atoms in total. The van der Waals surface area contributed by atoms with Gasteiger partial charge in [0.15, 0.2) is 0 Å². The molecule has 6 rings (SSSR count). The molecule has 3 aromatic heterocycles. The van der Waals surface area contributed by atoms with Gasteiger partial charge in [-0.3, -0.25) is 4.98 Å². The van der Waals surface area contributed by atoms with E-state index in [-0.39, 0.29) is 5.75 Å². The second-order valence-corrected chi connectivity index (χ2v) is 11.0. The molecule has 3 aromatic carbocycles. The second kappa shape index (κ2) is 11.5. The summed E-state index contributed by atoms with van der Waals surface area (Å²) >= 11 is -0.554. The summed E-state index contributed by atoms with van der Waals surface area (Å²) in [5.74, 6) is 0.239. The van der Waals surface area contributed by atoms with E-state index >= 15 is 0 Å². The average Bonchev–Trinajstić information content (AvgIpc) is 2.95. The van der Waals surface area contributed by atoms with E-state index < -0.39 is 17.7 Å². The first-order chi connectivity index (χ1) is 17.8. The normalized spacial score (nSPS) is 10.6. The number of phenolic OH excluding ortho intramolecular Hbond substituents is 1. The fourth-order valence-electron chi connectivity index (χ4n) is 3.68. The first-order valence-corrected chi connectivity index (χ1v) is 13.8. The number of aromatic hydroxyl groups is 1. The first-order valence-electron chi connectivity index (χ1n) is 11.4. The molecule has 0 fully saturated rings. The van der Waals surface area contributed by atoms with Crippen LogP contribution < -0.4 is 8.15 Å². The number of rotatable bonds is 4. The van der Waals surface area contributed by atoms with Gasteiger partial charge in [0.25, 0.3) is 0 Å². The summed E-state index contributed by atoms with van der Waals surface area (Å²) < 4.78 is 2.66. The molecule has 3 heterocycles. The van der Waals surface area contributed by atoms with Gasteiger partial charge < -0.3 is 5.11 Å². The summed E-state index contributed by atoms with van der Waals surface area (Å²) in [6.45, 7) is 0. The van der Waals surface area contributed by atoms with Crippen molar-refractivity contribution in [3.05, 3.63) is 134 Å². The van der Waals surface area contributed by atoms with Crippen LogP contribution in [0.3, 0.4) is 0 Å². The molecule has 6 aromatic rings. The van der Waals surface area contributed by atoms with E-state index in [1.807, 2.05) is 54.9 Å². The van der Waals surface area contributed by atoms with E-state index in [0.717, 1.165) is 16.8 Å². The molecular formula is C31H23IrN3O. The van der Waals surface area contributed by atoms with Crippen LogP contribution in [0.5, 0.6) is 5.75 Å². The number of fused-ring (bicyclic) bond motifs is 1. The Balaban J connectivity index is 0.000000202. The molecule has 36 heavy (non-hydrogen) atoms. The summed E-state index contributed by atoms with van der Waals surface area (Å²) in [5.41, 5.74) is 5.19. The molecular weight excluding hydrogens is 623 g/mol. The van der Waals surface area contributed by atoms with E-state index in [1.165, 1.54) is 19.3 Å². The maximum absolute atomic E-state index is 9.31. The number of hydrogen-bond acceptors (Lipinski definition) is 4. The van der Waals surface area contributed by atoms with Gasteiger partial charge in [-0.2, -0.15) is 0 Å². The topological polar surface area (TPSA) is 58.9 Å². The Morgan fingerprint density at radius 2 is 0.972 bits per heavy atom. The average molecular weight is 646 g/mol. The predicted molar refractivity (Wildman–Crippen MR) is 142 cm³/mol. The van der Waals surface area contributed by atoms with Crippen molar-refractivity contribution in [2.75, 3.05) is 0 Å². The van der Waals surface area contributed by atoms with Gasteiger partial charge >= 0.3 is 156 Å². The van der Waals surface area contributed by atoms with Crippen molar-refractivity contribution < 1.29 is 22.8 Å². The number of aromatic nitrogens is 3. The molecule has 0 radical (unpaired) electrons. The van der Waals surface area contributed by atoms with Crippen LogP contribution in [0, 0.1) is 0 Å². The van der Waals surface area contributed by atoms with Crippen LogP contribution in [0.1, 0.15) is 0 Å². The van der Waals surface area contributed by atoms with Crippen LogP contribution in [0.25, 0.3) is 33.4 Å². The second-order valence-electron chi connectivity index (χ2n) is 7.79. The van der Waals surface area contributed by atoms with Crippen molar-refractivity contribution in [3.8, 4) is 28.3 Å². The van der Waals surface area contributed by atoms with Crippen molar-refractivity contribution in [3.63, 3.8) is 0 Å². The Hall–Kier alpha value is -4.18. The third-order valence-electron chi connectivity index (χ3n) is 5.37. The molecule has 0 atom stereocenters. The zero-order valence-corrected chi connectivity index (χ0v) is 21.7. The van der Waals surface area contributed by atoms with Gasteiger partial charge in [0, 0.05) is 11.6 Å². The molecule has 0 aliphatic heterocycles. The molecule has 0 bridgehead atoms. The molecule has 0 saturated carbocycles. The SMILES string of the molecule is Oc1cccc2cccnc12.c1ccc(-c2nccc[c]2[Ir][c]2cccnc2-c2ccccc2)cc1. The minimum atomic E-state index is -0.554. The van der Waals surface area contributed by atoms with E-state index in [4.69, 9.17) is 0 Å². The maximum atomic E-state index is 9.31. The van der Waals surface area contributed by atoms with Gasteiger partial charge in [0.05, 0.1) is 0 Å². The Morgan fingerprint density at radius 1 is 0.472 bits per heavy atom. The number of pyridine rings is 3. The number of nitrogens with zero attached hydrogens (tertiary/aromatic N) is 3.